The zero-order valence-electron chi connectivity index (χ0n) is 25.1. The quantitative estimate of drug-likeness (QED) is 0.211. The molecule has 3 aromatic heterocycles. The molecule has 8 aromatic rings. The van der Waals surface area contributed by atoms with E-state index in [-0.39, 0.29) is 0 Å². The van der Waals surface area contributed by atoms with Crippen molar-refractivity contribution < 1.29 is 4.42 Å². The number of aromatic nitrogens is 2. The van der Waals surface area contributed by atoms with Crippen LogP contribution >= 0.6 is 0 Å². The average molecular weight is 559 g/mol. The van der Waals surface area contributed by atoms with E-state index in [9.17, 15) is 0 Å². The van der Waals surface area contributed by atoms with Crippen LogP contribution in [0.3, 0.4) is 0 Å². The average Bonchev–Trinajstić information content (AvgIpc) is 3.75. The van der Waals surface area contributed by atoms with Crippen molar-refractivity contribution in [3.63, 3.8) is 0 Å². The third-order valence-corrected chi connectivity index (χ3v) is 8.27. The van der Waals surface area contributed by atoms with E-state index < -0.39 is 0 Å². The summed E-state index contributed by atoms with van der Waals surface area (Å²) in [6.45, 7) is 8.00. The van der Waals surface area contributed by atoms with Crippen LogP contribution in [0, 0.1) is 0 Å². The maximum absolute atomic E-state index is 6.01. The van der Waals surface area contributed by atoms with Gasteiger partial charge in [-0.15, -0.1) is 0 Å². The molecule has 5 aromatic carbocycles. The summed E-state index contributed by atoms with van der Waals surface area (Å²) in [4.78, 5) is 4.57. The monoisotopic (exact) mass is 558 g/mol. The molecule has 0 atom stereocenters. The van der Waals surface area contributed by atoms with E-state index in [1.54, 1.807) is 0 Å². The first-order valence-electron chi connectivity index (χ1n) is 15.3. The van der Waals surface area contributed by atoms with Crippen molar-refractivity contribution in [1.29, 1.82) is 0 Å². The van der Waals surface area contributed by atoms with Gasteiger partial charge >= 0.3 is 0 Å². The lowest BCUT2D eigenvalue weighted by molar-refractivity contribution is 0.668. The number of para-hydroxylation sites is 2. The molecule has 0 radical (unpaired) electrons. The van der Waals surface area contributed by atoms with E-state index >= 15 is 0 Å². The number of rotatable bonds is 2. The van der Waals surface area contributed by atoms with Gasteiger partial charge in [0, 0.05) is 28.0 Å². The number of benzene rings is 5. The van der Waals surface area contributed by atoms with E-state index in [2.05, 4.69) is 113 Å². The zero-order valence-corrected chi connectivity index (χ0v) is 25.1. The molecule has 210 valence electrons. The number of fused-ring (bicyclic) bond motifs is 9. The molecule has 0 fully saturated rings. The van der Waals surface area contributed by atoms with E-state index in [0.717, 1.165) is 28.5 Å². The maximum Gasteiger partial charge on any atom is 0.153 e. The maximum atomic E-state index is 6.01. The van der Waals surface area contributed by atoms with Gasteiger partial charge in [-0.2, -0.15) is 0 Å². The van der Waals surface area contributed by atoms with Gasteiger partial charge in [0.1, 0.15) is 11.1 Å². The minimum absolute atomic E-state index is 0.824. The van der Waals surface area contributed by atoms with Crippen LogP contribution in [0.1, 0.15) is 38.8 Å². The Morgan fingerprint density at radius 3 is 1.93 bits per heavy atom. The molecule has 3 nitrogen and oxygen atoms in total. The van der Waals surface area contributed by atoms with Gasteiger partial charge in [-0.3, -0.25) is 4.98 Å². The molecular formula is C40H34N2O. The van der Waals surface area contributed by atoms with Gasteiger partial charge in [-0.05, 0) is 94.4 Å². The molecule has 0 spiro atoms. The Morgan fingerprint density at radius 2 is 1.19 bits per heavy atom. The fourth-order valence-corrected chi connectivity index (χ4v) is 6.45. The van der Waals surface area contributed by atoms with Crippen LogP contribution in [0.25, 0.3) is 71.8 Å². The van der Waals surface area contributed by atoms with Crippen LogP contribution in [-0.4, -0.2) is 9.55 Å². The summed E-state index contributed by atoms with van der Waals surface area (Å²) < 4.78 is 8.41. The van der Waals surface area contributed by atoms with Crippen molar-refractivity contribution in [3.05, 3.63) is 133 Å². The number of nitrogens with zero attached hydrogens (tertiary/aromatic N) is 2. The predicted octanol–water partition coefficient (Wildman–Crippen LogP) is 11.4. The number of hydrogen-bond acceptors (Lipinski definition) is 2. The summed E-state index contributed by atoms with van der Waals surface area (Å²) in [6.07, 6.45) is 2.79. The normalized spacial score (nSPS) is 11.6. The van der Waals surface area contributed by atoms with Gasteiger partial charge in [-0.1, -0.05) is 88.4 Å². The summed E-state index contributed by atoms with van der Waals surface area (Å²) in [5, 5.41) is 3.62. The number of hydrogen-bond donors (Lipinski definition) is 0. The summed E-state index contributed by atoms with van der Waals surface area (Å²) in [5.41, 5.74) is 14.1. The van der Waals surface area contributed by atoms with Crippen LogP contribution in [0.5, 0.6) is 0 Å². The van der Waals surface area contributed by atoms with E-state index in [1.807, 2.05) is 46.0 Å². The largest absolute Gasteiger partial charge is 0.454 e. The smallest absolute Gasteiger partial charge is 0.153 e. The van der Waals surface area contributed by atoms with Crippen molar-refractivity contribution >= 4 is 43.9 Å². The Morgan fingerprint density at radius 1 is 0.558 bits per heavy atom. The highest BCUT2D eigenvalue weighted by Crippen LogP contribution is 2.42. The fraction of sp³-hybridized carbons (Fsp3) is 0.125. The summed E-state index contributed by atoms with van der Waals surface area (Å²) >= 11 is 0. The second-order valence-electron chi connectivity index (χ2n) is 10.4. The summed E-state index contributed by atoms with van der Waals surface area (Å²) in [6, 6.07) is 41.5. The molecule has 0 bridgehead atoms. The number of pyridine rings is 1. The van der Waals surface area contributed by atoms with Crippen LogP contribution < -0.4 is 0 Å². The molecular weight excluding hydrogens is 524 g/mol. The SMILES string of the molecule is CC.CC.c1cnc2c(c1)oc1ccc(-c3ccc4c(c3)-c3cc(-n5c6ccccc6c6ccccc65)ccc3C4)cc12. The third-order valence-electron chi connectivity index (χ3n) is 8.27. The van der Waals surface area contributed by atoms with Crippen LogP contribution in [0.2, 0.25) is 0 Å². The minimum atomic E-state index is 0.824. The Hall–Kier alpha value is -5.15. The first kappa shape index (κ1) is 26.7. The first-order chi connectivity index (χ1) is 21.3. The molecule has 1 aliphatic carbocycles. The van der Waals surface area contributed by atoms with Gasteiger partial charge in [0.05, 0.1) is 11.0 Å². The van der Waals surface area contributed by atoms with E-state index in [1.165, 1.54) is 60.9 Å². The van der Waals surface area contributed by atoms with Crippen LogP contribution in [0.4, 0.5) is 0 Å². The minimum Gasteiger partial charge on any atom is -0.454 e. The first-order valence-corrected chi connectivity index (χ1v) is 15.3. The molecule has 0 unspecified atom stereocenters. The zero-order chi connectivity index (χ0) is 29.5. The Bertz CT molecular complexity index is 2210. The highest BCUT2D eigenvalue weighted by Gasteiger charge is 2.21. The van der Waals surface area contributed by atoms with Gasteiger partial charge in [0.15, 0.2) is 5.58 Å². The molecule has 43 heavy (non-hydrogen) atoms. The molecule has 0 aliphatic heterocycles. The standard InChI is InChI=1S/C36H22N2O.2C2H6/c1-3-8-32-27(6-1)28-7-2-4-9-33(28)38(32)26-15-13-25-18-24-12-11-22(19-29(24)30(25)21-26)23-14-16-34-31(20-23)36-35(39-34)10-5-17-37-36;2*1-2/h1-17,19-21H,18H2;2*1-2H3. The Labute approximate surface area is 252 Å². The molecule has 0 N–H and O–H groups in total. The summed E-state index contributed by atoms with van der Waals surface area (Å²) in [7, 11) is 0. The molecule has 3 heterocycles. The van der Waals surface area contributed by atoms with Crippen molar-refractivity contribution in [1.82, 2.24) is 9.55 Å². The van der Waals surface area contributed by atoms with Crippen LogP contribution in [-0.2, 0) is 6.42 Å². The van der Waals surface area contributed by atoms with Gasteiger partial charge in [-0.25, -0.2) is 0 Å². The van der Waals surface area contributed by atoms with Crippen molar-refractivity contribution in [3.8, 4) is 27.9 Å². The second kappa shape index (κ2) is 10.9. The predicted molar refractivity (Wildman–Crippen MR) is 182 cm³/mol. The lowest BCUT2D eigenvalue weighted by atomic mass is 9.97. The molecule has 3 heteroatoms. The van der Waals surface area contributed by atoms with E-state index in [4.69, 9.17) is 4.42 Å². The second-order valence-corrected chi connectivity index (χ2v) is 10.4. The highest BCUT2D eigenvalue weighted by molar-refractivity contribution is 6.09. The molecule has 9 rings (SSSR count). The lowest BCUT2D eigenvalue weighted by Crippen LogP contribution is -1.94. The molecule has 0 amide bonds. The van der Waals surface area contributed by atoms with Crippen molar-refractivity contribution in [2.75, 3.05) is 0 Å². The summed E-state index contributed by atoms with van der Waals surface area (Å²) in [5.74, 6) is 0. The molecule has 1 aliphatic rings. The van der Waals surface area contributed by atoms with Gasteiger partial charge in [0.25, 0.3) is 0 Å². The molecule has 0 saturated carbocycles. The number of furan rings is 1. The van der Waals surface area contributed by atoms with Gasteiger partial charge in [0.2, 0.25) is 0 Å². The Kier molecular flexibility index (Phi) is 6.79. The Balaban J connectivity index is 0.000000723. The highest BCUT2D eigenvalue weighted by atomic mass is 16.3. The van der Waals surface area contributed by atoms with Crippen molar-refractivity contribution in [2.24, 2.45) is 0 Å². The molecule has 0 saturated heterocycles. The van der Waals surface area contributed by atoms with Gasteiger partial charge < -0.3 is 8.98 Å². The third kappa shape index (κ3) is 4.23. The topological polar surface area (TPSA) is 31.0 Å². The fourth-order valence-electron chi connectivity index (χ4n) is 6.45. The van der Waals surface area contributed by atoms with Crippen LogP contribution in [0.15, 0.2) is 126 Å². The van der Waals surface area contributed by atoms with Crippen molar-refractivity contribution in [2.45, 2.75) is 34.1 Å². The lowest BCUT2D eigenvalue weighted by Gasteiger charge is -2.11. The van der Waals surface area contributed by atoms with E-state index in [0.29, 0.717) is 0 Å².